The van der Waals surface area contributed by atoms with E-state index >= 15 is 0 Å². The maximum atomic E-state index is 12.6. The van der Waals surface area contributed by atoms with Crippen molar-refractivity contribution in [2.24, 2.45) is 5.92 Å². The molecule has 158 valence electrons. The summed E-state index contributed by atoms with van der Waals surface area (Å²) in [6, 6.07) is 5.99. The van der Waals surface area contributed by atoms with E-state index in [1.807, 2.05) is 6.92 Å². The van der Waals surface area contributed by atoms with E-state index in [0.717, 1.165) is 36.5 Å². The van der Waals surface area contributed by atoms with Crippen molar-refractivity contribution in [1.82, 2.24) is 19.4 Å². The van der Waals surface area contributed by atoms with Crippen LogP contribution in [0.2, 0.25) is 10.0 Å². The molecule has 1 aliphatic heterocycles. The minimum atomic E-state index is -3.66. The lowest BCUT2D eigenvalue weighted by atomic mass is 9.98. The maximum Gasteiger partial charge on any atom is 0.291 e. The largest absolute Gasteiger partial charge is 0.299 e. The Bertz CT molecular complexity index is 1020. The molecule has 0 amide bonds. The van der Waals surface area contributed by atoms with Gasteiger partial charge in [-0.15, -0.1) is 0 Å². The van der Waals surface area contributed by atoms with Gasteiger partial charge >= 0.3 is 0 Å². The molecule has 0 aliphatic carbocycles. The van der Waals surface area contributed by atoms with Gasteiger partial charge < -0.3 is 0 Å². The molecule has 1 atom stereocenters. The second-order valence-electron chi connectivity index (χ2n) is 7.44. The van der Waals surface area contributed by atoms with Gasteiger partial charge in [0, 0.05) is 12.6 Å². The minimum Gasteiger partial charge on any atom is -0.299 e. The minimum absolute atomic E-state index is 0.0635. The Morgan fingerprint density at radius 1 is 1.21 bits per heavy atom. The van der Waals surface area contributed by atoms with Crippen molar-refractivity contribution < 1.29 is 8.42 Å². The van der Waals surface area contributed by atoms with E-state index in [4.69, 9.17) is 23.2 Å². The molecule has 7 nitrogen and oxygen atoms in total. The van der Waals surface area contributed by atoms with Gasteiger partial charge in [0.05, 0.1) is 21.8 Å². The predicted octanol–water partition coefficient (Wildman–Crippen LogP) is 2.94. The number of hydrogen-bond donors (Lipinski definition) is 1. The molecule has 0 spiro atoms. The summed E-state index contributed by atoms with van der Waals surface area (Å²) in [5.41, 5.74) is -0.180. The molecule has 2 heterocycles. The summed E-state index contributed by atoms with van der Waals surface area (Å²) < 4.78 is 29.0. The van der Waals surface area contributed by atoms with Crippen molar-refractivity contribution in [3.05, 3.63) is 50.9 Å². The Balaban J connectivity index is 1.69. The molecular weight excluding hydrogens is 435 g/mol. The van der Waals surface area contributed by atoms with Crippen molar-refractivity contribution in [3.63, 3.8) is 0 Å². The fraction of sp³-hybridized carbons (Fsp3) is 0.474. The van der Waals surface area contributed by atoms with Gasteiger partial charge in [0.2, 0.25) is 10.0 Å². The van der Waals surface area contributed by atoms with Crippen molar-refractivity contribution in [2.45, 2.75) is 37.6 Å². The Kier molecular flexibility index (Phi) is 7.01. The van der Waals surface area contributed by atoms with Crippen LogP contribution in [0.15, 0.2) is 40.2 Å². The molecular formula is C19H24Cl2N4O3S. The molecule has 29 heavy (non-hydrogen) atoms. The molecule has 1 N–H and O–H groups in total. The van der Waals surface area contributed by atoms with Crippen LogP contribution in [-0.4, -0.2) is 48.8 Å². The fourth-order valence-electron chi connectivity index (χ4n) is 3.28. The van der Waals surface area contributed by atoms with Crippen molar-refractivity contribution >= 4 is 33.2 Å². The van der Waals surface area contributed by atoms with Crippen LogP contribution in [0.1, 0.15) is 26.7 Å². The number of benzene rings is 1. The molecule has 1 aromatic heterocycles. The SMILES string of the molecule is CC1CCN(C(C)CNS(=O)(=O)c2ccc(-n3ncc(Cl)c(Cl)c3=O)cc2)CC1. The highest BCUT2D eigenvalue weighted by Crippen LogP contribution is 2.19. The van der Waals surface area contributed by atoms with Crippen LogP contribution in [0.4, 0.5) is 0 Å². The third-order valence-electron chi connectivity index (χ3n) is 5.28. The van der Waals surface area contributed by atoms with E-state index in [2.05, 4.69) is 21.6 Å². The second-order valence-corrected chi connectivity index (χ2v) is 9.99. The molecule has 1 fully saturated rings. The number of likely N-dealkylation sites (tertiary alicyclic amines) is 1. The van der Waals surface area contributed by atoms with Crippen LogP contribution in [0.3, 0.4) is 0 Å². The summed E-state index contributed by atoms with van der Waals surface area (Å²) in [6.45, 7) is 6.60. The van der Waals surface area contributed by atoms with E-state index < -0.39 is 15.6 Å². The van der Waals surface area contributed by atoms with Crippen molar-refractivity contribution in [2.75, 3.05) is 19.6 Å². The highest BCUT2D eigenvalue weighted by molar-refractivity contribution is 7.89. The zero-order valence-electron chi connectivity index (χ0n) is 16.3. The van der Waals surface area contributed by atoms with E-state index in [9.17, 15) is 13.2 Å². The average molecular weight is 459 g/mol. The zero-order valence-corrected chi connectivity index (χ0v) is 18.6. The number of halogens is 2. The second kappa shape index (κ2) is 9.14. The summed E-state index contributed by atoms with van der Waals surface area (Å²) in [5, 5.41) is 3.86. The van der Waals surface area contributed by atoms with Crippen LogP contribution in [0.25, 0.3) is 5.69 Å². The Labute approximate surface area is 180 Å². The third kappa shape index (κ3) is 5.19. The number of hydrogen-bond acceptors (Lipinski definition) is 5. The molecule has 0 saturated carbocycles. The van der Waals surface area contributed by atoms with Gasteiger partial charge in [-0.1, -0.05) is 30.1 Å². The number of rotatable bonds is 6. The molecule has 10 heteroatoms. The van der Waals surface area contributed by atoms with Crippen molar-refractivity contribution in [3.8, 4) is 5.69 Å². The van der Waals surface area contributed by atoms with E-state index in [0.29, 0.717) is 12.2 Å². The average Bonchev–Trinajstić information content (AvgIpc) is 2.71. The summed E-state index contributed by atoms with van der Waals surface area (Å²) in [5.74, 6) is 0.728. The lowest BCUT2D eigenvalue weighted by Crippen LogP contribution is -2.45. The molecule has 3 rings (SSSR count). The summed E-state index contributed by atoms with van der Waals surface area (Å²) in [6.07, 6.45) is 3.54. The van der Waals surface area contributed by atoms with Crippen molar-refractivity contribution in [1.29, 1.82) is 0 Å². The molecule has 0 bridgehead atoms. The lowest BCUT2D eigenvalue weighted by molar-refractivity contribution is 0.148. The van der Waals surface area contributed by atoms with Gasteiger partial charge in [0.25, 0.3) is 5.56 Å². The number of sulfonamides is 1. The maximum absolute atomic E-state index is 12.6. The first-order chi connectivity index (χ1) is 13.7. The van der Waals surface area contributed by atoms with E-state index in [1.165, 1.54) is 30.5 Å². The Morgan fingerprint density at radius 3 is 2.45 bits per heavy atom. The first-order valence-electron chi connectivity index (χ1n) is 9.46. The number of nitrogens with zero attached hydrogens (tertiary/aromatic N) is 3. The smallest absolute Gasteiger partial charge is 0.291 e. The summed E-state index contributed by atoms with van der Waals surface area (Å²) >= 11 is 11.6. The van der Waals surface area contributed by atoms with Gasteiger partial charge in [-0.3, -0.25) is 9.69 Å². The molecule has 0 radical (unpaired) electrons. The Morgan fingerprint density at radius 2 is 1.83 bits per heavy atom. The van der Waals surface area contributed by atoms with Crippen LogP contribution in [-0.2, 0) is 10.0 Å². The first kappa shape index (κ1) is 22.2. The number of aromatic nitrogens is 2. The van der Waals surface area contributed by atoms with Crippen LogP contribution in [0.5, 0.6) is 0 Å². The van der Waals surface area contributed by atoms with E-state index in [-0.39, 0.29) is 21.0 Å². The molecule has 2 aromatic rings. The standard InChI is InChI=1S/C19H24Cl2N4O3S/c1-13-7-9-24(10-8-13)14(2)11-23-29(27,28)16-5-3-15(4-6-16)25-19(26)18(21)17(20)12-22-25/h3-6,12-14,23H,7-11H2,1-2H3. The molecule has 1 aliphatic rings. The fourth-order valence-corrected chi connectivity index (χ4v) is 4.65. The lowest BCUT2D eigenvalue weighted by Gasteiger charge is -2.34. The number of nitrogens with one attached hydrogen (secondary N) is 1. The highest BCUT2D eigenvalue weighted by atomic mass is 35.5. The van der Waals surface area contributed by atoms with Crippen LogP contribution in [0, 0.1) is 5.92 Å². The molecule has 1 saturated heterocycles. The van der Waals surface area contributed by atoms with Gasteiger partial charge in [-0.25, -0.2) is 13.1 Å². The van der Waals surface area contributed by atoms with Gasteiger partial charge in [0.15, 0.2) is 0 Å². The summed E-state index contributed by atoms with van der Waals surface area (Å²) in [7, 11) is -3.66. The third-order valence-corrected chi connectivity index (χ3v) is 7.47. The topological polar surface area (TPSA) is 84.3 Å². The Hall–Kier alpha value is -1.45. The van der Waals surface area contributed by atoms with Crippen LogP contribution >= 0.6 is 23.2 Å². The zero-order chi connectivity index (χ0) is 21.2. The summed E-state index contributed by atoms with van der Waals surface area (Å²) in [4.78, 5) is 14.6. The highest BCUT2D eigenvalue weighted by Gasteiger charge is 2.22. The van der Waals surface area contributed by atoms with Gasteiger partial charge in [0.1, 0.15) is 5.02 Å². The quantitative estimate of drug-likeness (QED) is 0.718. The normalized spacial score (nSPS) is 17.4. The monoisotopic (exact) mass is 458 g/mol. The van der Waals surface area contributed by atoms with Gasteiger partial charge in [-0.05, 0) is 63.0 Å². The molecule has 1 aromatic carbocycles. The molecule has 1 unspecified atom stereocenters. The van der Waals surface area contributed by atoms with E-state index in [1.54, 1.807) is 0 Å². The van der Waals surface area contributed by atoms with Crippen LogP contribution < -0.4 is 10.3 Å². The van der Waals surface area contributed by atoms with Gasteiger partial charge in [-0.2, -0.15) is 9.78 Å². The number of piperidine rings is 1. The predicted molar refractivity (Wildman–Crippen MR) is 114 cm³/mol. The first-order valence-corrected chi connectivity index (χ1v) is 11.7.